The van der Waals surface area contributed by atoms with Gasteiger partial charge in [0.05, 0.1) is 0 Å². The quantitative estimate of drug-likeness (QED) is 0.111. The van der Waals surface area contributed by atoms with Crippen molar-refractivity contribution in [2.45, 2.75) is 0 Å². The summed E-state index contributed by atoms with van der Waals surface area (Å²) in [6.07, 6.45) is 0. The van der Waals surface area contributed by atoms with E-state index in [4.69, 9.17) is 0 Å². The zero-order valence-corrected chi connectivity index (χ0v) is 37.1. The second kappa shape index (κ2) is 14.4. The fourth-order valence-electron chi connectivity index (χ4n) is 10.7. The zero-order chi connectivity index (χ0) is 41.5. The van der Waals surface area contributed by atoms with Crippen LogP contribution >= 0.6 is 0 Å². The summed E-state index contributed by atoms with van der Waals surface area (Å²) in [5.74, 6) is 0. The van der Waals surface area contributed by atoms with Crippen molar-refractivity contribution < 1.29 is 0 Å². The van der Waals surface area contributed by atoms with Crippen molar-refractivity contribution in [2.24, 2.45) is 0 Å². The Kier molecular flexibility index (Phi) is 8.32. The van der Waals surface area contributed by atoms with Crippen LogP contribution in [0.1, 0.15) is 0 Å². The second-order valence-electron chi connectivity index (χ2n) is 16.8. The molecule has 0 amide bonds. The third-order valence-electron chi connectivity index (χ3n) is 13.5. The SMILES string of the molecule is c1ccc([Si](c2ccccc2)(c2ccccc2)c2cccc(-c3cccc4c3[se]c3c(-c5cccc(-c6cc7c8ccccc8n8c9ccccc9c(c6)c78)c5)cccc34)c2)cc1. The van der Waals surface area contributed by atoms with Crippen LogP contribution in [0.15, 0.2) is 237 Å². The zero-order valence-electron chi connectivity index (χ0n) is 34.4. The first-order valence-corrected chi connectivity index (χ1v) is 25.5. The Hall–Kier alpha value is -7.26. The van der Waals surface area contributed by atoms with E-state index in [2.05, 4.69) is 241 Å². The molecule has 0 aliphatic rings. The molecule has 0 N–H and O–H groups in total. The Morgan fingerprint density at radius 2 is 0.698 bits per heavy atom. The van der Waals surface area contributed by atoms with Crippen molar-refractivity contribution in [3.63, 3.8) is 0 Å². The molecule has 0 bridgehead atoms. The molecule has 3 heterocycles. The number of nitrogens with zero attached hydrogens (tertiary/aromatic N) is 1. The van der Waals surface area contributed by atoms with Gasteiger partial charge in [0.15, 0.2) is 0 Å². The first-order valence-electron chi connectivity index (χ1n) is 21.8. The van der Waals surface area contributed by atoms with Gasteiger partial charge in [-0.05, 0) is 0 Å². The van der Waals surface area contributed by atoms with E-state index in [9.17, 15) is 0 Å². The van der Waals surface area contributed by atoms with Crippen LogP contribution in [0.25, 0.3) is 90.8 Å². The normalized spacial score (nSPS) is 12.1. The van der Waals surface area contributed by atoms with Crippen molar-refractivity contribution in [1.82, 2.24) is 4.40 Å². The van der Waals surface area contributed by atoms with Crippen LogP contribution in [-0.4, -0.2) is 27.0 Å². The van der Waals surface area contributed by atoms with Crippen molar-refractivity contribution in [2.75, 3.05) is 0 Å². The van der Waals surface area contributed by atoms with Gasteiger partial charge in [0.1, 0.15) is 0 Å². The molecule has 0 unspecified atom stereocenters. The molecule has 0 radical (unpaired) electrons. The molecule has 0 aliphatic heterocycles. The first-order chi connectivity index (χ1) is 31.3. The van der Waals surface area contributed by atoms with Crippen molar-refractivity contribution in [3.05, 3.63) is 237 Å². The number of para-hydroxylation sites is 2. The molecule has 0 saturated carbocycles. The van der Waals surface area contributed by atoms with E-state index in [1.165, 1.54) is 112 Å². The van der Waals surface area contributed by atoms with Crippen molar-refractivity contribution in [3.8, 4) is 33.4 Å². The molecular formula is C60H39NSeSi. The third kappa shape index (κ3) is 5.48. The van der Waals surface area contributed by atoms with Gasteiger partial charge in [0.2, 0.25) is 0 Å². The van der Waals surface area contributed by atoms with Gasteiger partial charge in [0, 0.05) is 0 Å². The van der Waals surface area contributed by atoms with Gasteiger partial charge in [-0.3, -0.25) is 0 Å². The molecule has 0 saturated heterocycles. The molecule has 1 nitrogen and oxygen atoms in total. The number of hydrogen-bond acceptors (Lipinski definition) is 0. The van der Waals surface area contributed by atoms with Gasteiger partial charge in [-0.25, -0.2) is 0 Å². The van der Waals surface area contributed by atoms with Gasteiger partial charge in [-0.15, -0.1) is 0 Å². The van der Waals surface area contributed by atoms with E-state index in [0.29, 0.717) is 0 Å². The minimum absolute atomic E-state index is 0.104. The molecule has 63 heavy (non-hydrogen) atoms. The average molecular weight is 881 g/mol. The van der Waals surface area contributed by atoms with E-state index >= 15 is 0 Å². The number of rotatable bonds is 7. The molecule has 0 atom stereocenters. The molecule has 13 aromatic rings. The van der Waals surface area contributed by atoms with Crippen LogP contribution in [0.5, 0.6) is 0 Å². The van der Waals surface area contributed by atoms with Crippen LogP contribution in [0.4, 0.5) is 0 Å². The van der Waals surface area contributed by atoms with Gasteiger partial charge < -0.3 is 0 Å². The predicted octanol–water partition coefficient (Wildman–Crippen LogP) is 12.6. The number of aromatic nitrogens is 1. The summed E-state index contributed by atoms with van der Waals surface area (Å²) in [5.41, 5.74) is 11.6. The maximum atomic E-state index is 2.52. The summed E-state index contributed by atoms with van der Waals surface area (Å²) in [4.78, 5) is 0. The molecule has 13 rings (SSSR count). The first kappa shape index (κ1) is 36.4. The molecule has 10 aromatic carbocycles. The Bertz CT molecular complexity index is 3670. The fourth-order valence-corrected chi connectivity index (χ4v) is 18.4. The Morgan fingerprint density at radius 1 is 0.286 bits per heavy atom. The number of benzene rings is 10. The minimum atomic E-state index is -2.68. The molecule has 294 valence electrons. The molecule has 0 aliphatic carbocycles. The molecule has 3 aromatic heterocycles. The van der Waals surface area contributed by atoms with E-state index in [1.54, 1.807) is 0 Å². The van der Waals surface area contributed by atoms with Crippen LogP contribution in [0, 0.1) is 0 Å². The van der Waals surface area contributed by atoms with Gasteiger partial charge in [-0.1, -0.05) is 0 Å². The van der Waals surface area contributed by atoms with Crippen LogP contribution in [0.2, 0.25) is 0 Å². The number of fused-ring (bicyclic) bond motifs is 9. The predicted molar refractivity (Wildman–Crippen MR) is 273 cm³/mol. The van der Waals surface area contributed by atoms with Crippen molar-refractivity contribution in [1.29, 1.82) is 0 Å². The van der Waals surface area contributed by atoms with E-state index in [-0.39, 0.29) is 14.5 Å². The summed E-state index contributed by atoms with van der Waals surface area (Å²) in [6.45, 7) is 0. The summed E-state index contributed by atoms with van der Waals surface area (Å²) >= 11 is 0.104. The molecular weight excluding hydrogens is 842 g/mol. The standard InChI is InChI=1S/C60H39NSeSi/c1-4-21-44(22-5-1)63(45-23-6-2-7-24-45,46-25-8-3-9-26-46)47-27-15-20-42(37-47)49-31-17-33-53-52-32-16-30-48(59(52)62-60(49)53)41-19-14-18-40(36-41)43-38-54-50-28-10-12-34-56(50)61-57-35-13-11-29-51(57)55(39-43)58(54)61/h1-39H. The molecule has 0 spiro atoms. The van der Waals surface area contributed by atoms with Crippen LogP contribution in [0.3, 0.4) is 0 Å². The maximum absolute atomic E-state index is 2.68. The summed E-state index contributed by atoms with van der Waals surface area (Å²) in [6, 6.07) is 89.0. The van der Waals surface area contributed by atoms with Gasteiger partial charge in [0.25, 0.3) is 0 Å². The topological polar surface area (TPSA) is 4.41 Å². The van der Waals surface area contributed by atoms with Gasteiger partial charge >= 0.3 is 375 Å². The third-order valence-corrected chi connectivity index (χ3v) is 20.9. The van der Waals surface area contributed by atoms with Crippen LogP contribution in [-0.2, 0) is 0 Å². The van der Waals surface area contributed by atoms with Crippen molar-refractivity contribution >= 4 is 101 Å². The Balaban J connectivity index is 0.969. The monoisotopic (exact) mass is 881 g/mol. The Labute approximate surface area is 372 Å². The van der Waals surface area contributed by atoms with E-state index in [0.717, 1.165) is 0 Å². The van der Waals surface area contributed by atoms with Gasteiger partial charge in [-0.2, -0.15) is 0 Å². The van der Waals surface area contributed by atoms with E-state index < -0.39 is 8.07 Å². The van der Waals surface area contributed by atoms with Crippen LogP contribution < -0.4 is 20.7 Å². The summed E-state index contributed by atoms with van der Waals surface area (Å²) in [5, 5.41) is 13.5. The van der Waals surface area contributed by atoms with E-state index in [1.807, 2.05) is 0 Å². The molecule has 3 heteroatoms. The fraction of sp³-hybridized carbons (Fsp3) is 0. The number of hydrogen-bond donors (Lipinski definition) is 0. The second-order valence-corrected chi connectivity index (χ2v) is 22.7. The summed E-state index contributed by atoms with van der Waals surface area (Å²) < 4.78 is 5.39. The average Bonchev–Trinajstić information content (AvgIpc) is 4.03. The Morgan fingerprint density at radius 3 is 1.24 bits per heavy atom. The molecule has 0 fully saturated rings. The summed E-state index contributed by atoms with van der Waals surface area (Å²) in [7, 11) is -2.68.